The monoisotopic (exact) mass is 160 g/mol. The van der Waals surface area contributed by atoms with Gasteiger partial charge in [-0.25, -0.2) is 4.79 Å². The van der Waals surface area contributed by atoms with E-state index >= 15 is 0 Å². The Hall–Kier alpha value is -0.380. The van der Waals surface area contributed by atoms with Crippen molar-refractivity contribution in [1.82, 2.24) is 9.21 Å². The molecule has 1 fully saturated rings. The molecule has 1 saturated heterocycles. The lowest BCUT2D eigenvalue weighted by Crippen LogP contribution is -2.33. The Kier molecular flexibility index (Phi) is 2.08. The molecular formula is C6H12N2OS. The van der Waals surface area contributed by atoms with E-state index in [1.54, 1.807) is 4.90 Å². The molecule has 1 rings (SSSR count). The average molecular weight is 160 g/mol. The van der Waals surface area contributed by atoms with E-state index in [1.165, 1.54) is 4.31 Å². The second-order valence-corrected chi connectivity index (χ2v) is 3.18. The van der Waals surface area contributed by atoms with Crippen LogP contribution < -0.4 is 0 Å². The summed E-state index contributed by atoms with van der Waals surface area (Å²) in [5, 5.41) is 0. The second-order valence-electron chi connectivity index (χ2n) is 2.69. The van der Waals surface area contributed by atoms with Gasteiger partial charge in [0.05, 0.1) is 6.54 Å². The molecule has 3 nitrogen and oxygen atoms in total. The molecule has 2 amide bonds. The van der Waals surface area contributed by atoms with E-state index in [0.29, 0.717) is 6.04 Å². The third kappa shape index (κ3) is 1.21. The maximum atomic E-state index is 11.1. The summed E-state index contributed by atoms with van der Waals surface area (Å²) in [4.78, 5) is 12.9. The second kappa shape index (κ2) is 2.70. The zero-order valence-corrected chi connectivity index (χ0v) is 7.14. The van der Waals surface area contributed by atoms with Crippen LogP contribution in [-0.4, -0.2) is 34.4 Å². The van der Waals surface area contributed by atoms with Crippen LogP contribution >= 0.6 is 12.8 Å². The summed E-state index contributed by atoms with van der Waals surface area (Å²) in [5.74, 6) is 0. The standard InChI is InChI=1S/C6H12N2OS/c1-5(2)7-3-4-8(10)6(7)9/h5,10H,3-4H2,1-2H3. The number of urea groups is 1. The van der Waals surface area contributed by atoms with Crippen LogP contribution in [0.4, 0.5) is 4.79 Å². The van der Waals surface area contributed by atoms with Crippen molar-refractivity contribution >= 4 is 18.8 Å². The van der Waals surface area contributed by atoms with Crippen LogP contribution in [-0.2, 0) is 0 Å². The molecule has 0 saturated carbocycles. The van der Waals surface area contributed by atoms with Gasteiger partial charge < -0.3 is 4.90 Å². The third-order valence-electron chi connectivity index (χ3n) is 1.64. The lowest BCUT2D eigenvalue weighted by Gasteiger charge is -2.19. The molecule has 0 aliphatic carbocycles. The van der Waals surface area contributed by atoms with Crippen LogP contribution in [0.25, 0.3) is 0 Å². The van der Waals surface area contributed by atoms with Crippen LogP contribution in [0, 0.1) is 0 Å². The van der Waals surface area contributed by atoms with Gasteiger partial charge in [-0.1, -0.05) is 12.8 Å². The maximum Gasteiger partial charge on any atom is 0.330 e. The highest BCUT2D eigenvalue weighted by atomic mass is 32.1. The van der Waals surface area contributed by atoms with Crippen LogP contribution in [0.15, 0.2) is 0 Å². The zero-order valence-electron chi connectivity index (χ0n) is 6.24. The molecule has 0 N–H and O–H groups in total. The van der Waals surface area contributed by atoms with Gasteiger partial charge in [0.25, 0.3) is 0 Å². The van der Waals surface area contributed by atoms with Crippen molar-refractivity contribution in [2.75, 3.05) is 13.1 Å². The van der Waals surface area contributed by atoms with Gasteiger partial charge in [0.15, 0.2) is 0 Å². The van der Waals surface area contributed by atoms with Gasteiger partial charge >= 0.3 is 6.03 Å². The predicted molar refractivity (Wildman–Crippen MR) is 42.9 cm³/mol. The summed E-state index contributed by atoms with van der Waals surface area (Å²) in [5.41, 5.74) is 0. The van der Waals surface area contributed by atoms with Crippen molar-refractivity contribution in [3.63, 3.8) is 0 Å². The smallest absolute Gasteiger partial charge is 0.320 e. The Labute approximate surface area is 66.5 Å². The van der Waals surface area contributed by atoms with Crippen molar-refractivity contribution in [1.29, 1.82) is 0 Å². The first kappa shape index (κ1) is 7.72. The number of rotatable bonds is 1. The molecule has 0 aromatic rings. The lowest BCUT2D eigenvalue weighted by atomic mass is 10.3. The van der Waals surface area contributed by atoms with Gasteiger partial charge in [-0.2, -0.15) is 0 Å². The molecule has 1 aliphatic rings. The molecule has 0 spiro atoms. The fourth-order valence-electron chi connectivity index (χ4n) is 1.02. The van der Waals surface area contributed by atoms with Crippen LogP contribution in [0.2, 0.25) is 0 Å². The van der Waals surface area contributed by atoms with Crippen LogP contribution in [0.1, 0.15) is 13.8 Å². The normalized spacial score (nSPS) is 19.4. The number of thiol groups is 1. The minimum Gasteiger partial charge on any atom is -0.320 e. The van der Waals surface area contributed by atoms with E-state index in [4.69, 9.17) is 0 Å². The highest BCUT2D eigenvalue weighted by molar-refractivity contribution is 7.78. The minimum atomic E-state index is 0.0262. The van der Waals surface area contributed by atoms with Gasteiger partial charge in [0.1, 0.15) is 0 Å². The van der Waals surface area contributed by atoms with E-state index in [0.717, 1.165) is 13.1 Å². The van der Waals surface area contributed by atoms with Gasteiger partial charge in [0.2, 0.25) is 0 Å². The molecule has 0 radical (unpaired) electrons. The van der Waals surface area contributed by atoms with Gasteiger partial charge in [0, 0.05) is 12.6 Å². The van der Waals surface area contributed by atoms with Crippen molar-refractivity contribution in [3.8, 4) is 0 Å². The molecule has 58 valence electrons. The van der Waals surface area contributed by atoms with Crippen LogP contribution in [0.3, 0.4) is 0 Å². The van der Waals surface area contributed by atoms with Gasteiger partial charge in [-0.05, 0) is 13.8 Å². The molecule has 0 bridgehead atoms. The van der Waals surface area contributed by atoms with Crippen molar-refractivity contribution < 1.29 is 4.79 Å². The highest BCUT2D eigenvalue weighted by Crippen LogP contribution is 2.12. The van der Waals surface area contributed by atoms with Crippen molar-refractivity contribution in [2.45, 2.75) is 19.9 Å². The summed E-state index contributed by atoms with van der Waals surface area (Å²) in [6, 6.07) is 0.322. The van der Waals surface area contributed by atoms with Crippen molar-refractivity contribution in [3.05, 3.63) is 0 Å². The summed E-state index contributed by atoms with van der Waals surface area (Å²) in [6.07, 6.45) is 0. The number of carbonyl (C=O) groups excluding carboxylic acids is 1. The van der Waals surface area contributed by atoms with E-state index in [-0.39, 0.29) is 6.03 Å². The van der Waals surface area contributed by atoms with E-state index in [9.17, 15) is 4.79 Å². The molecule has 10 heavy (non-hydrogen) atoms. The molecular weight excluding hydrogens is 148 g/mol. The molecule has 0 atom stereocenters. The van der Waals surface area contributed by atoms with E-state index in [2.05, 4.69) is 12.8 Å². The molecule has 1 aliphatic heterocycles. The maximum absolute atomic E-state index is 11.1. The largest absolute Gasteiger partial charge is 0.330 e. The van der Waals surface area contributed by atoms with Gasteiger partial charge in [-0.3, -0.25) is 4.31 Å². The molecule has 4 heteroatoms. The fraction of sp³-hybridized carbons (Fsp3) is 0.833. The SMILES string of the molecule is CC(C)N1CCN(S)C1=O. The molecule has 0 unspecified atom stereocenters. The van der Waals surface area contributed by atoms with E-state index in [1.807, 2.05) is 13.8 Å². The summed E-state index contributed by atoms with van der Waals surface area (Å²) >= 11 is 3.98. The van der Waals surface area contributed by atoms with Crippen molar-refractivity contribution in [2.24, 2.45) is 0 Å². The Morgan fingerprint density at radius 2 is 2.10 bits per heavy atom. The van der Waals surface area contributed by atoms with Gasteiger partial charge in [-0.15, -0.1) is 0 Å². The first-order valence-corrected chi connectivity index (χ1v) is 3.80. The average Bonchev–Trinajstić information content (AvgIpc) is 2.14. The number of nitrogens with zero attached hydrogens (tertiary/aromatic N) is 2. The Bertz CT molecular complexity index is 149. The Balaban J connectivity index is 2.57. The minimum absolute atomic E-state index is 0.0262. The third-order valence-corrected chi connectivity index (χ3v) is 2.01. The zero-order chi connectivity index (χ0) is 7.72. The number of carbonyl (C=O) groups is 1. The first-order chi connectivity index (χ1) is 4.63. The predicted octanol–water partition coefficient (Wildman–Crippen LogP) is 0.977. The molecule has 0 aromatic carbocycles. The topological polar surface area (TPSA) is 23.6 Å². The number of hydrogen-bond acceptors (Lipinski definition) is 2. The number of hydrogen-bond donors (Lipinski definition) is 1. The first-order valence-electron chi connectivity index (χ1n) is 3.40. The summed E-state index contributed by atoms with van der Waals surface area (Å²) in [7, 11) is 0. The molecule has 1 heterocycles. The fourth-order valence-corrected chi connectivity index (χ4v) is 1.23. The Morgan fingerprint density at radius 1 is 1.50 bits per heavy atom. The summed E-state index contributed by atoms with van der Waals surface area (Å²) in [6.45, 7) is 5.55. The quantitative estimate of drug-likeness (QED) is 0.568. The highest BCUT2D eigenvalue weighted by Gasteiger charge is 2.27. The lowest BCUT2D eigenvalue weighted by molar-refractivity contribution is 0.198. The van der Waals surface area contributed by atoms with Crippen LogP contribution in [0.5, 0.6) is 0 Å². The van der Waals surface area contributed by atoms with E-state index < -0.39 is 0 Å². The molecule has 0 aromatic heterocycles. The number of amides is 2. The Morgan fingerprint density at radius 3 is 2.30 bits per heavy atom. The summed E-state index contributed by atoms with van der Waals surface area (Å²) < 4.78 is 1.44.